The molecule has 0 aromatic rings. The Hall–Kier alpha value is -0.980. The van der Waals surface area contributed by atoms with Gasteiger partial charge in [0.2, 0.25) is 11.8 Å². The van der Waals surface area contributed by atoms with Gasteiger partial charge in [0.1, 0.15) is 0 Å². The molecule has 1 N–H and O–H groups in total. The number of methoxy groups -OCH3 is 1. The van der Waals surface area contributed by atoms with Crippen molar-refractivity contribution in [1.29, 1.82) is 0 Å². The molecule has 92 valence electrons. The molecule has 0 bridgehead atoms. The molecule has 1 aliphatic rings. The zero-order valence-electron chi connectivity index (χ0n) is 9.68. The maximum atomic E-state index is 11.7. The Balaban J connectivity index is 2.63. The summed E-state index contributed by atoms with van der Waals surface area (Å²) in [6.45, 7) is 1.35. The van der Waals surface area contributed by atoms with Crippen molar-refractivity contribution in [2.75, 3.05) is 40.5 Å². The minimum atomic E-state index is -0.445. The van der Waals surface area contributed by atoms with Crippen LogP contribution in [0.3, 0.4) is 0 Å². The van der Waals surface area contributed by atoms with Crippen molar-refractivity contribution in [3.05, 3.63) is 0 Å². The molecular weight excluding hydrogens is 212 g/mol. The number of likely N-dealkylation sites (N-methyl/N-ethyl adjacent to an activating group) is 1. The van der Waals surface area contributed by atoms with E-state index in [9.17, 15) is 9.59 Å². The van der Waals surface area contributed by atoms with Gasteiger partial charge in [-0.25, -0.2) is 0 Å². The topological polar surface area (TPSA) is 70.1 Å². The highest BCUT2D eigenvalue weighted by molar-refractivity contribution is 6.05. The Morgan fingerprint density at radius 2 is 2.19 bits per heavy atom. The summed E-state index contributed by atoms with van der Waals surface area (Å²) < 4.78 is 4.93. The number of nitrogens with zero attached hydrogens (tertiary/aromatic N) is 2. The first-order chi connectivity index (χ1) is 7.61. The van der Waals surface area contributed by atoms with Crippen LogP contribution >= 0.6 is 0 Å². The predicted octanol–water partition coefficient (Wildman–Crippen LogP) is -1.32. The molecule has 1 saturated heterocycles. The molecule has 1 aliphatic heterocycles. The molecule has 1 unspecified atom stereocenters. The van der Waals surface area contributed by atoms with Crippen molar-refractivity contribution in [2.24, 2.45) is 0 Å². The van der Waals surface area contributed by atoms with Crippen LogP contribution < -0.4 is 0 Å². The minimum Gasteiger partial charge on any atom is -0.395 e. The van der Waals surface area contributed by atoms with Gasteiger partial charge in [-0.15, -0.1) is 0 Å². The van der Waals surface area contributed by atoms with Crippen LogP contribution in [0.25, 0.3) is 0 Å². The fourth-order valence-corrected chi connectivity index (χ4v) is 1.78. The summed E-state index contributed by atoms with van der Waals surface area (Å²) in [7, 11) is 3.06. The Morgan fingerprint density at radius 1 is 1.50 bits per heavy atom. The molecule has 6 heteroatoms. The standard InChI is InChI=1S/C10H18N2O4/c1-11-9(14)7-8(10(11)15)12(3-5-13)4-6-16-2/h8,13H,3-7H2,1-2H3. The maximum absolute atomic E-state index is 11.7. The van der Waals surface area contributed by atoms with Crippen molar-refractivity contribution < 1.29 is 19.4 Å². The van der Waals surface area contributed by atoms with Gasteiger partial charge >= 0.3 is 0 Å². The fraction of sp³-hybridized carbons (Fsp3) is 0.800. The third-order valence-corrected chi connectivity index (χ3v) is 2.77. The van der Waals surface area contributed by atoms with Crippen LogP contribution in [-0.2, 0) is 14.3 Å². The van der Waals surface area contributed by atoms with Gasteiger partial charge in [-0.2, -0.15) is 0 Å². The summed E-state index contributed by atoms with van der Waals surface area (Å²) in [5, 5.41) is 8.92. The van der Waals surface area contributed by atoms with E-state index in [0.29, 0.717) is 19.7 Å². The second kappa shape index (κ2) is 5.93. The van der Waals surface area contributed by atoms with E-state index in [4.69, 9.17) is 9.84 Å². The average molecular weight is 230 g/mol. The van der Waals surface area contributed by atoms with Gasteiger partial charge in [0.25, 0.3) is 0 Å². The van der Waals surface area contributed by atoms with Crippen LogP contribution in [0.1, 0.15) is 6.42 Å². The summed E-state index contributed by atoms with van der Waals surface area (Å²) >= 11 is 0. The minimum absolute atomic E-state index is 0.0363. The molecule has 16 heavy (non-hydrogen) atoms. The fourth-order valence-electron chi connectivity index (χ4n) is 1.78. The number of aliphatic hydroxyl groups is 1. The van der Waals surface area contributed by atoms with Crippen molar-refractivity contribution in [3.8, 4) is 0 Å². The molecule has 0 saturated carbocycles. The van der Waals surface area contributed by atoms with Gasteiger partial charge in [0.05, 0.1) is 25.7 Å². The van der Waals surface area contributed by atoms with E-state index < -0.39 is 6.04 Å². The number of carbonyl (C=O) groups excluding carboxylic acids is 2. The quantitative estimate of drug-likeness (QED) is 0.573. The van der Waals surface area contributed by atoms with Crippen LogP contribution in [0, 0.1) is 0 Å². The van der Waals surface area contributed by atoms with E-state index in [0.717, 1.165) is 4.90 Å². The molecular formula is C10H18N2O4. The van der Waals surface area contributed by atoms with Gasteiger partial charge < -0.3 is 9.84 Å². The molecule has 0 aromatic carbocycles. The molecule has 2 amide bonds. The lowest BCUT2D eigenvalue weighted by Crippen LogP contribution is -2.44. The first-order valence-corrected chi connectivity index (χ1v) is 5.26. The summed E-state index contributed by atoms with van der Waals surface area (Å²) in [6.07, 6.45) is 0.193. The smallest absolute Gasteiger partial charge is 0.246 e. The summed E-state index contributed by atoms with van der Waals surface area (Å²) in [5.41, 5.74) is 0. The van der Waals surface area contributed by atoms with Gasteiger partial charge in [0, 0.05) is 27.2 Å². The number of rotatable bonds is 6. The van der Waals surface area contributed by atoms with E-state index >= 15 is 0 Å². The number of hydrogen-bond acceptors (Lipinski definition) is 5. The molecule has 0 aromatic heterocycles. The lowest BCUT2D eigenvalue weighted by molar-refractivity contribution is -0.138. The predicted molar refractivity (Wildman–Crippen MR) is 56.7 cm³/mol. The van der Waals surface area contributed by atoms with Gasteiger partial charge in [-0.1, -0.05) is 0 Å². The van der Waals surface area contributed by atoms with Crippen LogP contribution in [-0.4, -0.2) is 73.2 Å². The van der Waals surface area contributed by atoms with Gasteiger partial charge in [-0.05, 0) is 0 Å². The molecule has 1 fully saturated rings. The summed E-state index contributed by atoms with van der Waals surface area (Å²) in [6, 6.07) is -0.445. The van der Waals surface area contributed by atoms with Crippen molar-refractivity contribution in [1.82, 2.24) is 9.80 Å². The number of amides is 2. The molecule has 6 nitrogen and oxygen atoms in total. The van der Waals surface area contributed by atoms with Crippen LogP contribution in [0.15, 0.2) is 0 Å². The third-order valence-electron chi connectivity index (χ3n) is 2.77. The van der Waals surface area contributed by atoms with Gasteiger partial charge in [0.15, 0.2) is 0 Å². The zero-order valence-corrected chi connectivity index (χ0v) is 9.68. The highest BCUT2D eigenvalue weighted by atomic mass is 16.5. The number of ether oxygens (including phenoxy) is 1. The number of likely N-dealkylation sites (tertiary alicyclic amines) is 1. The second-order valence-electron chi connectivity index (χ2n) is 3.76. The summed E-state index contributed by atoms with van der Waals surface area (Å²) in [5.74, 6) is -0.370. The maximum Gasteiger partial charge on any atom is 0.246 e. The molecule has 0 aliphatic carbocycles. The van der Waals surface area contributed by atoms with Crippen LogP contribution in [0.2, 0.25) is 0 Å². The first-order valence-electron chi connectivity index (χ1n) is 5.26. The number of imide groups is 1. The van der Waals surface area contributed by atoms with Crippen molar-refractivity contribution in [3.63, 3.8) is 0 Å². The Bertz CT molecular complexity index is 270. The highest BCUT2D eigenvalue weighted by Gasteiger charge is 2.39. The molecule has 0 spiro atoms. The van der Waals surface area contributed by atoms with E-state index in [1.165, 1.54) is 7.05 Å². The highest BCUT2D eigenvalue weighted by Crippen LogP contribution is 2.16. The van der Waals surface area contributed by atoms with Crippen molar-refractivity contribution >= 4 is 11.8 Å². The Kier molecular flexibility index (Phi) is 4.85. The van der Waals surface area contributed by atoms with E-state index in [1.54, 1.807) is 12.0 Å². The number of hydrogen-bond donors (Lipinski definition) is 1. The average Bonchev–Trinajstić information content (AvgIpc) is 2.52. The van der Waals surface area contributed by atoms with E-state index in [2.05, 4.69) is 0 Å². The van der Waals surface area contributed by atoms with E-state index in [-0.39, 0.29) is 24.8 Å². The lowest BCUT2D eigenvalue weighted by atomic mass is 10.2. The molecule has 1 atom stereocenters. The van der Waals surface area contributed by atoms with Crippen LogP contribution in [0.5, 0.6) is 0 Å². The summed E-state index contributed by atoms with van der Waals surface area (Å²) in [4.78, 5) is 26.0. The molecule has 0 radical (unpaired) electrons. The first kappa shape index (κ1) is 13.1. The third kappa shape index (κ3) is 2.78. The molecule has 1 rings (SSSR count). The van der Waals surface area contributed by atoms with Gasteiger partial charge in [-0.3, -0.25) is 19.4 Å². The number of aliphatic hydroxyl groups excluding tert-OH is 1. The lowest BCUT2D eigenvalue weighted by Gasteiger charge is -2.25. The normalized spacial score (nSPS) is 21.2. The largest absolute Gasteiger partial charge is 0.395 e. The van der Waals surface area contributed by atoms with E-state index in [1.807, 2.05) is 0 Å². The van der Waals surface area contributed by atoms with Crippen molar-refractivity contribution in [2.45, 2.75) is 12.5 Å². The monoisotopic (exact) mass is 230 g/mol. The van der Waals surface area contributed by atoms with Crippen LogP contribution in [0.4, 0.5) is 0 Å². The second-order valence-corrected chi connectivity index (χ2v) is 3.76. The Labute approximate surface area is 94.8 Å². The zero-order chi connectivity index (χ0) is 12.1. The number of carbonyl (C=O) groups is 2. The molecule has 1 heterocycles. The SMILES string of the molecule is COCCN(CCO)C1CC(=O)N(C)C1=O. The Morgan fingerprint density at radius 3 is 2.62 bits per heavy atom.